The van der Waals surface area contributed by atoms with Crippen LogP contribution in [0.15, 0.2) is 24.3 Å². The molecule has 2 N–H and O–H groups in total. The second-order valence-corrected chi connectivity index (χ2v) is 4.80. The first-order valence-electron chi connectivity index (χ1n) is 5.84. The molecule has 2 nitrogen and oxygen atoms in total. The van der Waals surface area contributed by atoms with Crippen molar-refractivity contribution in [1.82, 2.24) is 5.32 Å². The molecule has 1 saturated carbocycles. The molecule has 0 aliphatic heterocycles. The van der Waals surface area contributed by atoms with Crippen molar-refractivity contribution in [2.24, 2.45) is 5.41 Å². The summed E-state index contributed by atoms with van der Waals surface area (Å²) in [5, 5.41) is 12.4. The van der Waals surface area contributed by atoms with Gasteiger partial charge in [-0.1, -0.05) is 24.3 Å². The van der Waals surface area contributed by atoms with Gasteiger partial charge in [0.05, 0.1) is 0 Å². The highest BCUT2D eigenvalue weighted by molar-refractivity contribution is 5.23. The Kier molecular flexibility index (Phi) is 3.74. The molecular weight excluding hydrogens is 224 g/mol. The summed E-state index contributed by atoms with van der Waals surface area (Å²) in [5.41, 5.74) is 1.13. The molecule has 0 spiro atoms. The predicted octanol–water partition coefficient (Wildman–Crippen LogP) is 2.49. The maximum absolute atomic E-state index is 12.3. The van der Waals surface area contributed by atoms with Gasteiger partial charge in [0, 0.05) is 30.7 Å². The van der Waals surface area contributed by atoms with Crippen LogP contribution in [-0.2, 0) is 6.54 Å². The van der Waals surface area contributed by atoms with Crippen LogP contribution >= 0.6 is 0 Å². The number of aliphatic hydroxyl groups excluding tert-OH is 1. The molecule has 0 heterocycles. The lowest BCUT2D eigenvalue weighted by atomic mass is 10.1. The van der Waals surface area contributed by atoms with Crippen molar-refractivity contribution in [3.8, 4) is 0 Å². The van der Waals surface area contributed by atoms with Gasteiger partial charge >= 0.3 is 0 Å². The predicted molar refractivity (Wildman–Crippen MR) is 61.9 cm³/mol. The number of hydrogen-bond acceptors (Lipinski definition) is 2. The van der Waals surface area contributed by atoms with E-state index < -0.39 is 6.43 Å². The number of alkyl halides is 2. The van der Waals surface area contributed by atoms with Gasteiger partial charge < -0.3 is 10.4 Å². The molecule has 0 atom stereocenters. The average molecular weight is 241 g/mol. The summed E-state index contributed by atoms with van der Waals surface area (Å²) < 4.78 is 24.6. The Morgan fingerprint density at radius 2 is 1.88 bits per heavy atom. The van der Waals surface area contributed by atoms with Gasteiger partial charge in [-0.15, -0.1) is 0 Å². The highest BCUT2D eigenvalue weighted by Gasteiger charge is 2.41. The third-order valence-corrected chi connectivity index (χ3v) is 3.35. The number of aliphatic hydroxyl groups is 1. The molecule has 1 aliphatic rings. The fourth-order valence-electron chi connectivity index (χ4n) is 1.82. The summed E-state index contributed by atoms with van der Waals surface area (Å²) in [6, 6.07) is 6.35. The van der Waals surface area contributed by atoms with Crippen molar-refractivity contribution in [3.63, 3.8) is 0 Å². The summed E-state index contributed by atoms with van der Waals surface area (Å²) in [7, 11) is 0. The van der Waals surface area contributed by atoms with Crippen LogP contribution < -0.4 is 5.32 Å². The fourth-order valence-corrected chi connectivity index (χ4v) is 1.82. The fraction of sp³-hybridized carbons (Fsp3) is 0.538. The molecule has 1 fully saturated rings. The highest BCUT2D eigenvalue weighted by atomic mass is 19.3. The van der Waals surface area contributed by atoms with Crippen LogP contribution in [0.4, 0.5) is 8.78 Å². The first kappa shape index (κ1) is 12.5. The maximum atomic E-state index is 12.3. The Morgan fingerprint density at radius 3 is 2.35 bits per heavy atom. The lowest BCUT2D eigenvalue weighted by Crippen LogP contribution is -2.26. The SMILES string of the molecule is OCC1(CNCc2ccc(C(F)F)cc2)CC1. The number of nitrogens with one attached hydrogen (secondary N) is 1. The lowest BCUT2D eigenvalue weighted by molar-refractivity contribution is 0.151. The van der Waals surface area contributed by atoms with Crippen molar-refractivity contribution in [2.45, 2.75) is 25.8 Å². The zero-order valence-corrected chi connectivity index (χ0v) is 9.63. The minimum atomic E-state index is -2.40. The van der Waals surface area contributed by atoms with Crippen LogP contribution in [0.3, 0.4) is 0 Å². The quantitative estimate of drug-likeness (QED) is 0.802. The monoisotopic (exact) mass is 241 g/mol. The molecule has 1 aromatic carbocycles. The van der Waals surface area contributed by atoms with Gasteiger partial charge in [-0.05, 0) is 18.4 Å². The molecule has 0 saturated heterocycles. The first-order chi connectivity index (χ1) is 8.15. The third-order valence-electron chi connectivity index (χ3n) is 3.35. The summed E-state index contributed by atoms with van der Waals surface area (Å²) >= 11 is 0. The Balaban J connectivity index is 1.79. The summed E-state index contributed by atoms with van der Waals surface area (Å²) in [6.45, 7) is 1.68. The van der Waals surface area contributed by atoms with Crippen LogP contribution in [0.1, 0.15) is 30.4 Å². The van der Waals surface area contributed by atoms with Gasteiger partial charge in [0.2, 0.25) is 0 Å². The van der Waals surface area contributed by atoms with Crippen LogP contribution in [-0.4, -0.2) is 18.3 Å². The molecule has 0 bridgehead atoms. The van der Waals surface area contributed by atoms with Crippen LogP contribution in [0.5, 0.6) is 0 Å². The van der Waals surface area contributed by atoms with E-state index in [9.17, 15) is 8.78 Å². The molecule has 4 heteroatoms. The van der Waals surface area contributed by atoms with E-state index in [1.165, 1.54) is 12.1 Å². The molecule has 94 valence electrons. The number of rotatable bonds is 6. The van der Waals surface area contributed by atoms with Gasteiger partial charge in [0.25, 0.3) is 6.43 Å². The normalized spacial score (nSPS) is 17.4. The van der Waals surface area contributed by atoms with Crippen molar-refractivity contribution in [2.75, 3.05) is 13.2 Å². The minimum absolute atomic E-state index is 0.0581. The first-order valence-corrected chi connectivity index (χ1v) is 5.84. The zero-order chi connectivity index (χ0) is 12.3. The van der Waals surface area contributed by atoms with E-state index in [-0.39, 0.29) is 17.6 Å². The van der Waals surface area contributed by atoms with Crippen molar-refractivity contribution >= 4 is 0 Å². The van der Waals surface area contributed by atoms with Crippen molar-refractivity contribution in [3.05, 3.63) is 35.4 Å². The molecule has 2 rings (SSSR count). The van der Waals surface area contributed by atoms with E-state index in [0.29, 0.717) is 6.54 Å². The number of hydrogen-bond donors (Lipinski definition) is 2. The Bertz CT molecular complexity index is 360. The molecule has 0 aromatic heterocycles. The number of halogens is 2. The molecule has 0 unspecified atom stereocenters. The van der Waals surface area contributed by atoms with E-state index >= 15 is 0 Å². The third kappa shape index (κ3) is 3.23. The van der Waals surface area contributed by atoms with E-state index in [0.717, 1.165) is 24.9 Å². The summed E-state index contributed by atoms with van der Waals surface area (Å²) in [5.74, 6) is 0. The molecule has 0 radical (unpaired) electrons. The van der Waals surface area contributed by atoms with Gasteiger partial charge in [-0.3, -0.25) is 0 Å². The maximum Gasteiger partial charge on any atom is 0.263 e. The molecule has 1 aromatic rings. The molecule has 1 aliphatic carbocycles. The van der Waals surface area contributed by atoms with E-state index in [1.54, 1.807) is 12.1 Å². The van der Waals surface area contributed by atoms with Gasteiger partial charge in [0.1, 0.15) is 0 Å². The number of benzene rings is 1. The minimum Gasteiger partial charge on any atom is -0.396 e. The van der Waals surface area contributed by atoms with Crippen LogP contribution in [0.25, 0.3) is 0 Å². The summed E-state index contributed by atoms with van der Waals surface area (Å²) in [6.07, 6.45) is -0.261. The second kappa shape index (κ2) is 5.10. The molecule has 0 amide bonds. The van der Waals surface area contributed by atoms with Gasteiger partial charge in [-0.2, -0.15) is 0 Å². The van der Waals surface area contributed by atoms with E-state index in [1.807, 2.05) is 0 Å². The highest BCUT2D eigenvalue weighted by Crippen LogP contribution is 2.44. The van der Waals surface area contributed by atoms with E-state index in [4.69, 9.17) is 5.11 Å². The second-order valence-electron chi connectivity index (χ2n) is 4.80. The van der Waals surface area contributed by atoms with Gasteiger partial charge in [0.15, 0.2) is 0 Å². The molecular formula is C13H17F2NO. The largest absolute Gasteiger partial charge is 0.396 e. The topological polar surface area (TPSA) is 32.3 Å². The van der Waals surface area contributed by atoms with Crippen LogP contribution in [0.2, 0.25) is 0 Å². The Morgan fingerprint density at radius 1 is 1.24 bits per heavy atom. The van der Waals surface area contributed by atoms with Gasteiger partial charge in [-0.25, -0.2) is 8.78 Å². The zero-order valence-electron chi connectivity index (χ0n) is 9.63. The van der Waals surface area contributed by atoms with Crippen molar-refractivity contribution < 1.29 is 13.9 Å². The van der Waals surface area contributed by atoms with Crippen LogP contribution in [0, 0.1) is 5.41 Å². The average Bonchev–Trinajstić information content (AvgIpc) is 3.10. The van der Waals surface area contributed by atoms with E-state index in [2.05, 4.69) is 5.32 Å². The lowest BCUT2D eigenvalue weighted by Gasteiger charge is -2.12. The molecule has 17 heavy (non-hydrogen) atoms. The standard InChI is InChI=1S/C13H17F2NO/c14-12(15)11-3-1-10(2-4-11)7-16-8-13(9-17)5-6-13/h1-4,12,16-17H,5-9H2. The summed E-state index contributed by atoms with van der Waals surface area (Å²) in [4.78, 5) is 0. The Hall–Kier alpha value is -1.00. The smallest absolute Gasteiger partial charge is 0.263 e. The van der Waals surface area contributed by atoms with Crippen molar-refractivity contribution in [1.29, 1.82) is 0 Å². The Labute approximate surface area is 99.7 Å².